The molecule has 0 unspecified atom stereocenters. The van der Waals surface area contributed by atoms with Crippen LogP contribution in [0, 0.1) is 3.57 Å². The van der Waals surface area contributed by atoms with Crippen LogP contribution in [-0.4, -0.2) is 11.3 Å². The second kappa shape index (κ2) is 4.09. The molecule has 0 fully saturated rings. The van der Waals surface area contributed by atoms with Crippen LogP contribution in [0.2, 0.25) is 0 Å². The molecule has 0 aliphatic rings. The maximum absolute atomic E-state index is 11.9. The number of nitrogen functional groups attached to an aromatic ring is 1. The maximum atomic E-state index is 11.9. The number of pyridine rings is 1. The predicted octanol–water partition coefficient (Wildman–Crippen LogP) is 2.93. The van der Waals surface area contributed by atoms with E-state index in [1.165, 1.54) is 6.20 Å². The highest BCUT2D eigenvalue weighted by atomic mass is 127. The second-order valence-corrected chi connectivity index (χ2v) is 4.14. The fourth-order valence-electron chi connectivity index (χ4n) is 0.675. The molecule has 14 heavy (non-hydrogen) atoms. The van der Waals surface area contributed by atoms with Gasteiger partial charge in [0, 0.05) is 9.77 Å². The Labute approximate surface area is 99.1 Å². The molecule has 78 valence electrons. The number of hydrogen-bond donors (Lipinski definition) is 1. The summed E-state index contributed by atoms with van der Waals surface area (Å²) in [6, 6.07) is 0. The van der Waals surface area contributed by atoms with E-state index in [9.17, 15) is 13.2 Å². The van der Waals surface area contributed by atoms with Crippen LogP contribution in [-0.2, 0) is 0 Å². The van der Waals surface area contributed by atoms with E-state index in [0.29, 0.717) is 3.57 Å². The zero-order valence-electron chi connectivity index (χ0n) is 6.40. The van der Waals surface area contributed by atoms with Gasteiger partial charge in [0.2, 0.25) is 0 Å². The van der Waals surface area contributed by atoms with Crippen molar-refractivity contribution in [2.75, 3.05) is 5.73 Å². The van der Waals surface area contributed by atoms with Crippen molar-refractivity contribution in [3.05, 3.63) is 14.2 Å². The Kier molecular flexibility index (Phi) is 3.45. The van der Waals surface area contributed by atoms with Crippen LogP contribution in [0.4, 0.5) is 19.0 Å². The minimum absolute atomic E-state index is 0.142. The van der Waals surface area contributed by atoms with Gasteiger partial charge in [0.25, 0.3) is 0 Å². The first-order chi connectivity index (χ1) is 6.31. The normalized spacial score (nSPS) is 11.5. The van der Waals surface area contributed by atoms with E-state index in [-0.39, 0.29) is 10.3 Å². The molecular weight excluding hydrogens is 380 g/mol. The summed E-state index contributed by atoms with van der Waals surface area (Å²) in [5, 5.41) is 0. The molecule has 1 heterocycles. The van der Waals surface area contributed by atoms with Crippen LogP contribution in [0.5, 0.6) is 5.75 Å². The number of halogens is 5. The lowest BCUT2D eigenvalue weighted by Crippen LogP contribution is -2.19. The lowest BCUT2D eigenvalue weighted by molar-refractivity contribution is -0.274. The van der Waals surface area contributed by atoms with Gasteiger partial charge in [-0.15, -0.1) is 13.2 Å². The SMILES string of the molecule is Nc1ncc(I)c(Br)c1OC(F)(F)F. The van der Waals surface area contributed by atoms with Crippen molar-refractivity contribution in [3.63, 3.8) is 0 Å². The van der Waals surface area contributed by atoms with Gasteiger partial charge in [-0.1, -0.05) is 0 Å². The largest absolute Gasteiger partial charge is 0.573 e. The van der Waals surface area contributed by atoms with Crippen LogP contribution in [0.15, 0.2) is 10.7 Å². The highest BCUT2D eigenvalue weighted by molar-refractivity contribution is 14.1. The molecule has 0 spiro atoms. The summed E-state index contributed by atoms with van der Waals surface area (Å²) in [6.45, 7) is 0. The van der Waals surface area contributed by atoms with Crippen LogP contribution >= 0.6 is 38.5 Å². The minimum Gasteiger partial charge on any atom is -0.401 e. The van der Waals surface area contributed by atoms with Crippen molar-refractivity contribution >= 4 is 44.3 Å². The van der Waals surface area contributed by atoms with Crippen molar-refractivity contribution in [1.82, 2.24) is 4.98 Å². The Morgan fingerprint density at radius 3 is 2.57 bits per heavy atom. The zero-order chi connectivity index (χ0) is 10.9. The fourth-order valence-corrected chi connectivity index (χ4v) is 1.45. The summed E-state index contributed by atoms with van der Waals surface area (Å²) >= 11 is 4.74. The van der Waals surface area contributed by atoms with Gasteiger partial charge in [-0.2, -0.15) is 0 Å². The molecule has 0 aromatic carbocycles. The summed E-state index contributed by atoms with van der Waals surface area (Å²) in [5.74, 6) is -0.820. The minimum atomic E-state index is -4.78. The maximum Gasteiger partial charge on any atom is 0.573 e. The number of rotatable bonds is 1. The third-order valence-electron chi connectivity index (χ3n) is 1.18. The molecule has 0 radical (unpaired) electrons. The monoisotopic (exact) mass is 382 g/mol. The zero-order valence-corrected chi connectivity index (χ0v) is 10.1. The number of nitrogens with zero attached hydrogens (tertiary/aromatic N) is 1. The van der Waals surface area contributed by atoms with E-state index in [1.807, 2.05) is 0 Å². The third kappa shape index (κ3) is 2.87. The van der Waals surface area contributed by atoms with E-state index in [4.69, 9.17) is 5.73 Å². The van der Waals surface area contributed by atoms with Crippen molar-refractivity contribution in [1.29, 1.82) is 0 Å². The van der Waals surface area contributed by atoms with Crippen molar-refractivity contribution in [2.45, 2.75) is 6.36 Å². The van der Waals surface area contributed by atoms with Gasteiger partial charge in [-0.05, 0) is 38.5 Å². The van der Waals surface area contributed by atoms with Gasteiger partial charge in [-0.3, -0.25) is 0 Å². The standard InChI is InChI=1S/C6H3BrF3IN2O/c7-3-2(11)1-13-5(12)4(3)14-6(8,9)10/h1H,(H2,12,13). The van der Waals surface area contributed by atoms with Crippen molar-refractivity contribution in [2.24, 2.45) is 0 Å². The average Bonchev–Trinajstić information content (AvgIpc) is 2.04. The highest BCUT2D eigenvalue weighted by Gasteiger charge is 2.33. The number of alkyl halides is 3. The molecule has 0 saturated carbocycles. The lowest BCUT2D eigenvalue weighted by atomic mass is 10.4. The summed E-state index contributed by atoms with van der Waals surface area (Å²) in [7, 11) is 0. The predicted molar refractivity (Wildman–Crippen MR) is 55.7 cm³/mol. The molecule has 1 rings (SSSR count). The third-order valence-corrected chi connectivity index (χ3v) is 3.52. The molecule has 0 aliphatic carbocycles. The molecule has 0 aliphatic heterocycles. The quantitative estimate of drug-likeness (QED) is 0.760. The Balaban J connectivity index is 3.13. The molecule has 0 saturated heterocycles. The molecule has 2 N–H and O–H groups in total. The van der Waals surface area contributed by atoms with E-state index in [2.05, 4.69) is 25.7 Å². The smallest absolute Gasteiger partial charge is 0.401 e. The van der Waals surface area contributed by atoms with E-state index in [0.717, 1.165) is 0 Å². The number of aromatic nitrogens is 1. The van der Waals surface area contributed by atoms with E-state index in [1.54, 1.807) is 22.6 Å². The summed E-state index contributed by atoms with van der Waals surface area (Å²) in [4.78, 5) is 3.54. The van der Waals surface area contributed by atoms with Gasteiger partial charge < -0.3 is 10.5 Å². The number of hydrogen-bond acceptors (Lipinski definition) is 3. The first kappa shape index (κ1) is 11.8. The summed E-state index contributed by atoms with van der Waals surface area (Å²) < 4.78 is 40.0. The molecule has 1 aromatic heterocycles. The molecule has 0 amide bonds. The first-order valence-corrected chi connectivity index (χ1v) is 5.03. The van der Waals surface area contributed by atoms with Crippen LogP contribution < -0.4 is 10.5 Å². The summed E-state index contributed by atoms with van der Waals surface area (Å²) in [6.07, 6.45) is -3.44. The van der Waals surface area contributed by atoms with Crippen LogP contribution in [0.25, 0.3) is 0 Å². The molecule has 0 bridgehead atoms. The van der Waals surface area contributed by atoms with Gasteiger partial charge >= 0.3 is 6.36 Å². The molecule has 0 atom stereocenters. The second-order valence-electron chi connectivity index (χ2n) is 2.18. The van der Waals surface area contributed by atoms with E-state index < -0.39 is 12.1 Å². The van der Waals surface area contributed by atoms with Crippen LogP contribution in [0.1, 0.15) is 0 Å². The Hall–Kier alpha value is -0.250. The van der Waals surface area contributed by atoms with Crippen molar-refractivity contribution in [3.8, 4) is 5.75 Å². The van der Waals surface area contributed by atoms with Crippen LogP contribution in [0.3, 0.4) is 0 Å². The van der Waals surface area contributed by atoms with Gasteiger partial charge in [0.1, 0.15) is 0 Å². The lowest BCUT2D eigenvalue weighted by Gasteiger charge is -2.12. The van der Waals surface area contributed by atoms with Gasteiger partial charge in [-0.25, -0.2) is 4.98 Å². The Morgan fingerprint density at radius 2 is 2.07 bits per heavy atom. The number of nitrogens with two attached hydrogens (primary N) is 1. The molecule has 8 heteroatoms. The Bertz CT molecular complexity index is 358. The topological polar surface area (TPSA) is 48.1 Å². The fraction of sp³-hybridized carbons (Fsp3) is 0.167. The molecule has 1 aromatic rings. The van der Waals surface area contributed by atoms with Gasteiger partial charge in [0.05, 0.1) is 4.47 Å². The van der Waals surface area contributed by atoms with Crippen molar-refractivity contribution < 1.29 is 17.9 Å². The molecular formula is C6H3BrF3IN2O. The van der Waals surface area contributed by atoms with E-state index >= 15 is 0 Å². The first-order valence-electron chi connectivity index (χ1n) is 3.16. The number of ether oxygens (including phenoxy) is 1. The summed E-state index contributed by atoms with van der Waals surface area (Å²) in [5.41, 5.74) is 5.23. The van der Waals surface area contributed by atoms with Gasteiger partial charge in [0.15, 0.2) is 11.6 Å². The highest BCUT2D eigenvalue weighted by Crippen LogP contribution is 2.36. The number of anilines is 1. The molecule has 3 nitrogen and oxygen atoms in total. The average molecular weight is 383 g/mol. The Morgan fingerprint density at radius 1 is 1.50 bits per heavy atom.